The van der Waals surface area contributed by atoms with Gasteiger partial charge in [0.2, 0.25) is 0 Å². The van der Waals surface area contributed by atoms with Crippen LogP contribution in [0.25, 0.3) is 0 Å². The molecule has 0 saturated heterocycles. The molecule has 2 nitrogen and oxygen atoms in total. The van der Waals surface area contributed by atoms with Gasteiger partial charge < -0.3 is 10.5 Å². The van der Waals surface area contributed by atoms with E-state index in [0.29, 0.717) is 4.99 Å². The number of hydrogen-bond acceptors (Lipinski definition) is 2. The van der Waals surface area contributed by atoms with Gasteiger partial charge in [0.05, 0.1) is 0 Å². The van der Waals surface area contributed by atoms with Gasteiger partial charge in [-0.15, -0.1) is 0 Å². The van der Waals surface area contributed by atoms with E-state index in [1.54, 1.807) is 0 Å². The fourth-order valence-electron chi connectivity index (χ4n) is 1.58. The lowest BCUT2D eigenvalue weighted by Gasteiger charge is -2.02. The molecule has 1 aromatic rings. The molecule has 3 heteroatoms. The highest BCUT2D eigenvalue weighted by atomic mass is 32.1. The fraction of sp³-hybridized carbons (Fsp3) is 0.300. The molecule has 0 amide bonds. The van der Waals surface area contributed by atoms with Crippen LogP contribution < -0.4 is 10.5 Å². The van der Waals surface area contributed by atoms with Gasteiger partial charge in [-0.1, -0.05) is 12.2 Å². The average molecular weight is 193 g/mol. The first kappa shape index (κ1) is 8.51. The standard InChI is InChI=1S/C10H11NOS/c1-6-4-8-5-7(10(11)13)2-3-9(8)12-6/h2-3,5-6H,4H2,1H3,(H2,11,13). The van der Waals surface area contributed by atoms with Gasteiger partial charge >= 0.3 is 0 Å². The van der Waals surface area contributed by atoms with E-state index in [1.807, 2.05) is 18.2 Å². The summed E-state index contributed by atoms with van der Waals surface area (Å²) in [6.07, 6.45) is 1.22. The Labute approximate surface area is 82.7 Å². The number of ether oxygens (including phenoxy) is 1. The molecule has 0 fully saturated rings. The van der Waals surface area contributed by atoms with Crippen molar-refractivity contribution in [3.63, 3.8) is 0 Å². The van der Waals surface area contributed by atoms with Crippen molar-refractivity contribution >= 4 is 17.2 Å². The molecule has 0 aromatic heterocycles. The number of fused-ring (bicyclic) bond motifs is 1. The predicted molar refractivity (Wildman–Crippen MR) is 56.1 cm³/mol. The van der Waals surface area contributed by atoms with Gasteiger partial charge in [0, 0.05) is 12.0 Å². The SMILES string of the molecule is CC1Cc2cc(C(N)=S)ccc2O1. The van der Waals surface area contributed by atoms with Gasteiger partial charge in [0.25, 0.3) is 0 Å². The Hall–Kier alpha value is -1.09. The summed E-state index contributed by atoms with van der Waals surface area (Å²) in [7, 11) is 0. The first-order valence-electron chi connectivity index (χ1n) is 4.26. The van der Waals surface area contributed by atoms with Crippen molar-refractivity contribution < 1.29 is 4.74 Å². The molecule has 1 aliphatic rings. The van der Waals surface area contributed by atoms with Crippen molar-refractivity contribution in [1.82, 2.24) is 0 Å². The highest BCUT2D eigenvalue weighted by Gasteiger charge is 2.18. The van der Waals surface area contributed by atoms with Gasteiger partial charge in [-0.2, -0.15) is 0 Å². The minimum absolute atomic E-state index is 0.275. The quantitative estimate of drug-likeness (QED) is 0.689. The average Bonchev–Trinajstić information content (AvgIpc) is 2.42. The largest absolute Gasteiger partial charge is 0.490 e. The lowest BCUT2D eigenvalue weighted by molar-refractivity contribution is 0.254. The summed E-state index contributed by atoms with van der Waals surface area (Å²) in [6.45, 7) is 2.06. The molecule has 0 saturated carbocycles. The third kappa shape index (κ3) is 1.52. The van der Waals surface area contributed by atoms with E-state index >= 15 is 0 Å². The molecule has 1 aliphatic heterocycles. The number of benzene rings is 1. The zero-order valence-corrected chi connectivity index (χ0v) is 8.23. The minimum atomic E-state index is 0.275. The Morgan fingerprint density at radius 3 is 3.08 bits per heavy atom. The third-order valence-electron chi connectivity index (χ3n) is 2.18. The molecule has 1 aromatic carbocycles. The maximum atomic E-state index is 5.56. The first-order valence-corrected chi connectivity index (χ1v) is 4.67. The maximum absolute atomic E-state index is 5.56. The smallest absolute Gasteiger partial charge is 0.123 e. The highest BCUT2D eigenvalue weighted by molar-refractivity contribution is 7.80. The normalized spacial score (nSPS) is 19.3. The van der Waals surface area contributed by atoms with Crippen LogP contribution in [0.1, 0.15) is 18.1 Å². The molecule has 0 aliphatic carbocycles. The Bertz CT molecular complexity index is 362. The van der Waals surface area contributed by atoms with Gasteiger partial charge in [-0.05, 0) is 30.7 Å². The molecule has 1 unspecified atom stereocenters. The molecule has 0 spiro atoms. The summed E-state index contributed by atoms with van der Waals surface area (Å²) in [5.74, 6) is 0.965. The summed E-state index contributed by atoms with van der Waals surface area (Å²) in [5.41, 5.74) is 7.66. The molecule has 1 heterocycles. The van der Waals surface area contributed by atoms with Crippen LogP contribution >= 0.6 is 12.2 Å². The fourth-order valence-corrected chi connectivity index (χ4v) is 1.70. The summed E-state index contributed by atoms with van der Waals surface area (Å²) >= 11 is 4.90. The Morgan fingerprint density at radius 1 is 1.62 bits per heavy atom. The van der Waals surface area contributed by atoms with Crippen molar-refractivity contribution in [2.24, 2.45) is 5.73 Å². The summed E-state index contributed by atoms with van der Waals surface area (Å²) < 4.78 is 5.56. The Balaban J connectivity index is 2.40. The highest BCUT2D eigenvalue weighted by Crippen LogP contribution is 2.29. The summed E-state index contributed by atoms with van der Waals surface area (Å²) in [6, 6.07) is 5.85. The number of rotatable bonds is 1. The van der Waals surface area contributed by atoms with Crippen molar-refractivity contribution in [2.75, 3.05) is 0 Å². The molecule has 13 heavy (non-hydrogen) atoms. The topological polar surface area (TPSA) is 35.2 Å². The van der Waals surface area contributed by atoms with Crippen LogP contribution in [0.2, 0.25) is 0 Å². The second kappa shape index (κ2) is 3.00. The molecule has 0 bridgehead atoms. The number of hydrogen-bond donors (Lipinski definition) is 1. The van der Waals surface area contributed by atoms with Gasteiger partial charge in [0.1, 0.15) is 16.8 Å². The molecular weight excluding hydrogens is 182 g/mol. The van der Waals surface area contributed by atoms with E-state index in [9.17, 15) is 0 Å². The molecule has 2 N–H and O–H groups in total. The van der Waals surface area contributed by atoms with E-state index in [0.717, 1.165) is 17.7 Å². The second-order valence-electron chi connectivity index (χ2n) is 3.32. The number of nitrogens with two attached hydrogens (primary N) is 1. The summed E-state index contributed by atoms with van der Waals surface area (Å²) in [4.78, 5) is 0.447. The van der Waals surface area contributed by atoms with Crippen LogP contribution in [0.5, 0.6) is 5.75 Å². The minimum Gasteiger partial charge on any atom is -0.490 e. The van der Waals surface area contributed by atoms with E-state index in [4.69, 9.17) is 22.7 Å². The lowest BCUT2D eigenvalue weighted by atomic mass is 10.1. The van der Waals surface area contributed by atoms with Gasteiger partial charge in [0.15, 0.2) is 0 Å². The maximum Gasteiger partial charge on any atom is 0.123 e. The molecule has 0 radical (unpaired) electrons. The van der Waals surface area contributed by atoms with Crippen LogP contribution in [-0.2, 0) is 6.42 Å². The second-order valence-corrected chi connectivity index (χ2v) is 3.76. The van der Waals surface area contributed by atoms with Crippen molar-refractivity contribution in [3.05, 3.63) is 29.3 Å². The molecule has 68 valence electrons. The Kier molecular flexibility index (Phi) is 1.96. The van der Waals surface area contributed by atoms with Crippen molar-refractivity contribution in [1.29, 1.82) is 0 Å². The zero-order chi connectivity index (χ0) is 9.42. The third-order valence-corrected chi connectivity index (χ3v) is 2.42. The monoisotopic (exact) mass is 193 g/mol. The van der Waals surface area contributed by atoms with Gasteiger partial charge in [-0.25, -0.2) is 0 Å². The van der Waals surface area contributed by atoms with Crippen LogP contribution in [0, 0.1) is 0 Å². The molecular formula is C10H11NOS. The van der Waals surface area contributed by atoms with E-state index in [1.165, 1.54) is 5.56 Å². The first-order chi connectivity index (χ1) is 6.16. The van der Waals surface area contributed by atoms with E-state index < -0.39 is 0 Å². The predicted octanol–water partition coefficient (Wildman–Crippen LogP) is 1.64. The van der Waals surface area contributed by atoms with Crippen LogP contribution in [0.4, 0.5) is 0 Å². The zero-order valence-electron chi connectivity index (χ0n) is 7.41. The van der Waals surface area contributed by atoms with E-state index in [-0.39, 0.29) is 6.10 Å². The van der Waals surface area contributed by atoms with Crippen molar-refractivity contribution in [2.45, 2.75) is 19.4 Å². The van der Waals surface area contributed by atoms with Crippen LogP contribution in [0.3, 0.4) is 0 Å². The van der Waals surface area contributed by atoms with Gasteiger partial charge in [-0.3, -0.25) is 0 Å². The molecule has 1 atom stereocenters. The molecule has 2 rings (SSSR count). The van der Waals surface area contributed by atoms with E-state index in [2.05, 4.69) is 6.92 Å². The summed E-state index contributed by atoms with van der Waals surface area (Å²) in [5, 5.41) is 0. The van der Waals surface area contributed by atoms with Crippen LogP contribution in [-0.4, -0.2) is 11.1 Å². The number of thiocarbonyl (C=S) groups is 1. The lowest BCUT2D eigenvalue weighted by Crippen LogP contribution is -2.09. The van der Waals surface area contributed by atoms with Crippen molar-refractivity contribution in [3.8, 4) is 5.75 Å². The Morgan fingerprint density at radius 2 is 2.38 bits per heavy atom. The van der Waals surface area contributed by atoms with Crippen LogP contribution in [0.15, 0.2) is 18.2 Å².